The smallest absolute Gasteiger partial charge is 0.199 e. The van der Waals surface area contributed by atoms with Gasteiger partial charge in [-0.25, -0.2) is 0 Å². The number of hydrogen-bond acceptors (Lipinski definition) is 4. The molecule has 0 unspecified atom stereocenters. The maximum absolute atomic E-state index is 13.4. The summed E-state index contributed by atoms with van der Waals surface area (Å²) in [5.74, 6) is -1.11. The molecule has 0 amide bonds. The Bertz CT molecular complexity index is 1070. The van der Waals surface area contributed by atoms with Crippen LogP contribution in [0, 0.1) is 5.92 Å². The summed E-state index contributed by atoms with van der Waals surface area (Å²) in [6.45, 7) is 0. The van der Waals surface area contributed by atoms with Gasteiger partial charge < -0.3 is 9.84 Å². The summed E-state index contributed by atoms with van der Waals surface area (Å²) in [5.41, 5.74) is -0.0222. The normalized spacial score (nSPS) is 20.8. The Balaban J connectivity index is 1.85. The van der Waals surface area contributed by atoms with E-state index in [1.54, 1.807) is 67.8 Å². The molecule has 1 aliphatic carbocycles. The van der Waals surface area contributed by atoms with Gasteiger partial charge in [0.25, 0.3) is 0 Å². The van der Waals surface area contributed by atoms with E-state index in [-0.39, 0.29) is 12.2 Å². The van der Waals surface area contributed by atoms with Crippen LogP contribution in [-0.4, -0.2) is 23.8 Å². The molecule has 5 heteroatoms. The first-order chi connectivity index (χ1) is 13.9. The number of methoxy groups -OCH3 is 1. The number of aliphatic hydroxyl groups is 1. The molecular formula is C24H19ClO4. The van der Waals surface area contributed by atoms with E-state index >= 15 is 0 Å². The number of rotatable bonds is 4. The van der Waals surface area contributed by atoms with E-state index in [0.29, 0.717) is 27.5 Å². The van der Waals surface area contributed by atoms with Gasteiger partial charge in [-0.1, -0.05) is 48.0 Å². The molecule has 0 aromatic heterocycles. The van der Waals surface area contributed by atoms with E-state index in [1.807, 2.05) is 12.1 Å². The lowest BCUT2D eigenvalue weighted by atomic mass is 9.66. The molecule has 0 aliphatic heterocycles. The highest BCUT2D eigenvalue weighted by atomic mass is 35.5. The predicted octanol–water partition coefficient (Wildman–Crippen LogP) is 4.47. The molecule has 0 bridgehead atoms. The molecule has 0 saturated carbocycles. The molecule has 0 saturated heterocycles. The van der Waals surface area contributed by atoms with Gasteiger partial charge in [0.2, 0.25) is 0 Å². The second kappa shape index (κ2) is 7.47. The first kappa shape index (κ1) is 19.4. The first-order valence-electron chi connectivity index (χ1n) is 9.24. The van der Waals surface area contributed by atoms with Crippen LogP contribution >= 0.6 is 11.6 Å². The van der Waals surface area contributed by atoms with Crippen molar-refractivity contribution in [1.82, 2.24) is 0 Å². The molecule has 2 atom stereocenters. The van der Waals surface area contributed by atoms with E-state index in [2.05, 4.69) is 0 Å². The Labute approximate surface area is 173 Å². The van der Waals surface area contributed by atoms with Crippen molar-refractivity contribution in [2.45, 2.75) is 12.0 Å². The van der Waals surface area contributed by atoms with Crippen LogP contribution < -0.4 is 4.74 Å². The third-order valence-electron chi connectivity index (χ3n) is 5.51. The number of hydrogen-bond donors (Lipinski definition) is 1. The molecule has 3 aromatic carbocycles. The lowest BCUT2D eigenvalue weighted by Crippen LogP contribution is -2.50. The van der Waals surface area contributed by atoms with Gasteiger partial charge in [-0.3, -0.25) is 9.59 Å². The second-order valence-corrected chi connectivity index (χ2v) is 7.55. The third-order valence-corrected chi connectivity index (χ3v) is 5.76. The van der Waals surface area contributed by atoms with Crippen LogP contribution in [0.3, 0.4) is 0 Å². The fraction of sp³-hybridized carbons (Fsp3) is 0.167. The minimum atomic E-state index is -1.98. The van der Waals surface area contributed by atoms with Crippen LogP contribution in [0.4, 0.5) is 0 Å². The predicted molar refractivity (Wildman–Crippen MR) is 111 cm³/mol. The van der Waals surface area contributed by atoms with E-state index in [9.17, 15) is 14.7 Å². The van der Waals surface area contributed by atoms with Gasteiger partial charge in [0, 0.05) is 16.1 Å². The summed E-state index contributed by atoms with van der Waals surface area (Å²) in [7, 11) is 1.55. The number of Topliss-reactive ketones (excluding diaryl/α,β-unsaturated/α-hetero) is 2. The van der Waals surface area contributed by atoms with Crippen molar-refractivity contribution in [1.29, 1.82) is 0 Å². The highest BCUT2D eigenvalue weighted by Gasteiger charge is 2.52. The number of fused-ring (bicyclic) bond motifs is 1. The summed E-state index contributed by atoms with van der Waals surface area (Å²) >= 11 is 5.99. The molecule has 0 heterocycles. The van der Waals surface area contributed by atoms with Crippen molar-refractivity contribution in [3.63, 3.8) is 0 Å². The van der Waals surface area contributed by atoms with Gasteiger partial charge in [0.05, 0.1) is 13.0 Å². The Morgan fingerprint density at radius 2 is 1.69 bits per heavy atom. The molecule has 29 heavy (non-hydrogen) atoms. The minimum Gasteiger partial charge on any atom is -0.497 e. The van der Waals surface area contributed by atoms with Crippen molar-refractivity contribution < 1.29 is 19.4 Å². The Hall–Kier alpha value is -2.95. The first-order valence-corrected chi connectivity index (χ1v) is 9.62. The summed E-state index contributed by atoms with van der Waals surface area (Å²) < 4.78 is 5.15. The van der Waals surface area contributed by atoms with E-state index < -0.39 is 17.3 Å². The average molecular weight is 407 g/mol. The van der Waals surface area contributed by atoms with Gasteiger partial charge in [-0.05, 0) is 53.9 Å². The maximum atomic E-state index is 13.4. The van der Waals surface area contributed by atoms with E-state index in [1.165, 1.54) is 0 Å². The van der Waals surface area contributed by atoms with Crippen molar-refractivity contribution in [3.05, 3.63) is 100 Å². The van der Waals surface area contributed by atoms with E-state index in [0.717, 1.165) is 5.56 Å². The molecule has 3 aromatic rings. The second-order valence-electron chi connectivity index (χ2n) is 7.11. The number of carbonyl (C=O) groups excluding carboxylic acids is 2. The minimum absolute atomic E-state index is 0.256. The molecule has 4 rings (SSSR count). The van der Waals surface area contributed by atoms with Gasteiger partial charge in [-0.2, -0.15) is 0 Å². The van der Waals surface area contributed by atoms with Gasteiger partial charge in [0.15, 0.2) is 17.2 Å². The zero-order valence-electron chi connectivity index (χ0n) is 15.8. The van der Waals surface area contributed by atoms with Crippen LogP contribution in [0.25, 0.3) is 0 Å². The van der Waals surface area contributed by atoms with Crippen LogP contribution in [0.5, 0.6) is 5.75 Å². The number of benzene rings is 3. The molecule has 4 nitrogen and oxygen atoms in total. The van der Waals surface area contributed by atoms with Crippen LogP contribution in [0.15, 0.2) is 72.8 Å². The zero-order valence-corrected chi connectivity index (χ0v) is 16.5. The standard InChI is InChI=1S/C24H19ClO4/c1-29-19-12-6-15(7-13-19)22(26)21-14-16-4-2-3-5-20(16)23(27)24(21,28)17-8-10-18(25)11-9-17/h2-13,21,28H,14H2,1H3/t21-,24+/m1/s1. The van der Waals surface area contributed by atoms with Gasteiger partial charge in [-0.15, -0.1) is 0 Å². The number of carbonyl (C=O) groups is 2. The van der Waals surface area contributed by atoms with Gasteiger partial charge in [0.1, 0.15) is 5.75 Å². The summed E-state index contributed by atoms with van der Waals surface area (Å²) in [6.07, 6.45) is 0.256. The molecule has 1 N–H and O–H groups in total. The lowest BCUT2D eigenvalue weighted by Gasteiger charge is -2.39. The molecule has 0 radical (unpaired) electrons. The van der Waals surface area contributed by atoms with E-state index in [4.69, 9.17) is 16.3 Å². The van der Waals surface area contributed by atoms with Crippen molar-refractivity contribution in [3.8, 4) is 5.75 Å². The van der Waals surface area contributed by atoms with Crippen molar-refractivity contribution >= 4 is 23.2 Å². The highest BCUT2D eigenvalue weighted by molar-refractivity contribution is 6.30. The Morgan fingerprint density at radius 1 is 1.03 bits per heavy atom. The fourth-order valence-electron chi connectivity index (χ4n) is 3.93. The highest BCUT2D eigenvalue weighted by Crippen LogP contribution is 2.42. The molecule has 146 valence electrons. The largest absolute Gasteiger partial charge is 0.497 e. The SMILES string of the molecule is COc1ccc(C(=O)[C@H]2Cc3ccccc3C(=O)[C@]2(O)c2ccc(Cl)cc2)cc1. The summed E-state index contributed by atoms with van der Waals surface area (Å²) in [6, 6.07) is 20.2. The number of halogens is 1. The fourth-order valence-corrected chi connectivity index (χ4v) is 4.05. The lowest BCUT2D eigenvalue weighted by molar-refractivity contribution is -0.00589. The van der Waals surface area contributed by atoms with Crippen molar-refractivity contribution in [2.75, 3.05) is 7.11 Å². The number of ether oxygens (including phenoxy) is 1. The van der Waals surface area contributed by atoms with Crippen molar-refractivity contribution in [2.24, 2.45) is 5.92 Å². The maximum Gasteiger partial charge on any atom is 0.199 e. The Morgan fingerprint density at radius 3 is 2.34 bits per heavy atom. The molecular weight excluding hydrogens is 388 g/mol. The topological polar surface area (TPSA) is 63.6 Å². The molecule has 1 aliphatic rings. The third kappa shape index (κ3) is 3.24. The monoisotopic (exact) mass is 406 g/mol. The van der Waals surface area contributed by atoms with Crippen LogP contribution in [0.1, 0.15) is 31.8 Å². The Kier molecular flexibility index (Phi) is 4.99. The molecule has 0 fully saturated rings. The number of ketones is 2. The summed E-state index contributed by atoms with van der Waals surface area (Å²) in [5, 5.41) is 12.2. The van der Waals surface area contributed by atoms with Crippen LogP contribution in [0.2, 0.25) is 5.02 Å². The van der Waals surface area contributed by atoms with Crippen LogP contribution in [-0.2, 0) is 12.0 Å². The summed E-state index contributed by atoms with van der Waals surface area (Å²) in [4.78, 5) is 26.8. The molecule has 0 spiro atoms. The van der Waals surface area contributed by atoms with Gasteiger partial charge >= 0.3 is 0 Å². The quantitative estimate of drug-likeness (QED) is 0.649. The zero-order chi connectivity index (χ0) is 20.6. The average Bonchev–Trinajstić information content (AvgIpc) is 2.76.